The molecular formula is C26H28F6N2O3. The highest BCUT2D eigenvalue weighted by Gasteiger charge is 2.45. The zero-order chi connectivity index (χ0) is 27.4. The van der Waals surface area contributed by atoms with Gasteiger partial charge in [-0.2, -0.15) is 26.3 Å². The van der Waals surface area contributed by atoms with Gasteiger partial charge in [0.25, 0.3) is 5.78 Å². The Labute approximate surface area is 210 Å². The van der Waals surface area contributed by atoms with Crippen molar-refractivity contribution < 1.29 is 40.7 Å². The lowest BCUT2D eigenvalue weighted by Gasteiger charge is -2.41. The fraction of sp³-hybridized carbons (Fsp3) is 0.462. The molecule has 2 N–H and O–H groups in total. The number of nitrogens with one attached hydrogen (secondary N) is 2. The molecule has 1 saturated carbocycles. The Hall–Kier alpha value is -3.08. The van der Waals surface area contributed by atoms with Crippen LogP contribution < -0.4 is 15.4 Å². The fourth-order valence-corrected chi connectivity index (χ4v) is 4.65. The number of hydrogen-bond acceptors (Lipinski definition) is 4. The van der Waals surface area contributed by atoms with Crippen LogP contribution in [-0.4, -0.2) is 49.3 Å². The minimum Gasteiger partial charge on any atom is -0.494 e. The third-order valence-corrected chi connectivity index (χ3v) is 6.61. The molecule has 1 fully saturated rings. The number of ketones is 1. The number of carbonyl (C=O) groups excluding carboxylic acids is 2. The zero-order valence-corrected chi connectivity index (χ0v) is 20.4. The van der Waals surface area contributed by atoms with Crippen LogP contribution in [0.5, 0.6) is 5.75 Å². The first-order valence-corrected chi connectivity index (χ1v) is 11.8. The third-order valence-electron chi connectivity index (χ3n) is 6.61. The van der Waals surface area contributed by atoms with E-state index in [-0.39, 0.29) is 12.5 Å². The van der Waals surface area contributed by atoms with Crippen LogP contribution in [-0.2, 0) is 11.2 Å². The molecule has 0 atom stereocenters. The smallest absolute Gasteiger partial charge is 0.471 e. The lowest BCUT2D eigenvalue weighted by Crippen LogP contribution is -2.57. The maximum absolute atomic E-state index is 13.2. The number of rotatable bonds is 8. The van der Waals surface area contributed by atoms with Crippen LogP contribution in [0.1, 0.15) is 48.5 Å². The van der Waals surface area contributed by atoms with Crippen molar-refractivity contribution >= 4 is 11.7 Å². The second kappa shape index (κ2) is 11.1. The number of carbonyl (C=O) groups is 2. The Morgan fingerprint density at radius 2 is 1.54 bits per heavy atom. The van der Waals surface area contributed by atoms with Gasteiger partial charge in [-0.05, 0) is 74.9 Å². The molecule has 0 aliphatic heterocycles. The van der Waals surface area contributed by atoms with Gasteiger partial charge < -0.3 is 15.4 Å². The van der Waals surface area contributed by atoms with Crippen LogP contribution in [0, 0.1) is 0 Å². The quantitative estimate of drug-likeness (QED) is 0.344. The predicted molar refractivity (Wildman–Crippen MR) is 125 cm³/mol. The van der Waals surface area contributed by atoms with Gasteiger partial charge in [0.1, 0.15) is 5.75 Å². The molecule has 1 aliphatic rings. The highest BCUT2D eigenvalue weighted by Crippen LogP contribution is 2.37. The van der Waals surface area contributed by atoms with E-state index in [0.29, 0.717) is 54.7 Å². The maximum Gasteiger partial charge on any atom is 0.471 e. The number of alkyl halides is 6. The minimum atomic E-state index is -5.03. The lowest BCUT2D eigenvalue weighted by molar-refractivity contribution is -0.176. The SMILES string of the molecule is CCOc1ccc(-c2ccc(C(=O)C(F)(F)F)cc2)cc1CC1(NC(=O)C(F)(F)F)CCC(NC)CC1. The van der Waals surface area contributed by atoms with Crippen molar-refractivity contribution in [2.45, 2.75) is 63.0 Å². The summed E-state index contributed by atoms with van der Waals surface area (Å²) in [5, 5.41) is 5.36. The van der Waals surface area contributed by atoms with E-state index in [2.05, 4.69) is 10.6 Å². The number of benzene rings is 2. The summed E-state index contributed by atoms with van der Waals surface area (Å²) in [6, 6.07) is 10.0. The minimum absolute atomic E-state index is 0.0685. The molecule has 2 aromatic carbocycles. The molecule has 1 aliphatic carbocycles. The third kappa shape index (κ3) is 7.03. The van der Waals surface area contributed by atoms with E-state index in [4.69, 9.17) is 4.74 Å². The normalized spacial score (nSPS) is 20.4. The molecule has 5 nitrogen and oxygen atoms in total. The van der Waals surface area contributed by atoms with Crippen LogP contribution >= 0.6 is 0 Å². The Balaban J connectivity index is 1.96. The van der Waals surface area contributed by atoms with Gasteiger partial charge in [0.15, 0.2) is 0 Å². The van der Waals surface area contributed by atoms with Crippen molar-refractivity contribution in [1.29, 1.82) is 0 Å². The summed E-state index contributed by atoms with van der Waals surface area (Å²) in [5.41, 5.74) is -0.0217. The first-order valence-electron chi connectivity index (χ1n) is 11.8. The summed E-state index contributed by atoms with van der Waals surface area (Å²) in [6.07, 6.45) is -8.21. The van der Waals surface area contributed by atoms with E-state index in [1.54, 1.807) is 32.2 Å². The van der Waals surface area contributed by atoms with Gasteiger partial charge >= 0.3 is 18.3 Å². The van der Waals surface area contributed by atoms with Gasteiger partial charge in [0.2, 0.25) is 0 Å². The first kappa shape index (κ1) is 28.5. The van der Waals surface area contributed by atoms with Crippen molar-refractivity contribution in [3.63, 3.8) is 0 Å². The standard InChI is InChI=1S/C26H28F6N2O3/c1-3-37-21-9-8-18(16-4-6-17(7-5-16)22(35)25(27,28)29)14-19(21)15-24(34-23(36)26(30,31)32)12-10-20(33-2)11-13-24/h4-9,14,20,33H,3,10-13,15H2,1-2H3,(H,34,36). The fourth-order valence-electron chi connectivity index (χ4n) is 4.65. The van der Waals surface area contributed by atoms with Crippen molar-refractivity contribution in [3.05, 3.63) is 53.6 Å². The van der Waals surface area contributed by atoms with E-state index in [1.165, 1.54) is 12.1 Å². The largest absolute Gasteiger partial charge is 0.494 e. The second-order valence-electron chi connectivity index (χ2n) is 9.13. The van der Waals surface area contributed by atoms with Gasteiger partial charge in [0, 0.05) is 17.1 Å². The van der Waals surface area contributed by atoms with Crippen LogP contribution in [0.4, 0.5) is 26.3 Å². The molecule has 1 amide bonds. The summed E-state index contributed by atoms with van der Waals surface area (Å²) in [7, 11) is 1.77. The Kier molecular flexibility index (Phi) is 8.56. The number of hydrogen-bond donors (Lipinski definition) is 2. The Bertz CT molecular complexity index is 1100. The monoisotopic (exact) mass is 530 g/mol. The average Bonchev–Trinajstić information content (AvgIpc) is 2.84. The highest BCUT2D eigenvalue weighted by molar-refractivity contribution is 6.00. The topological polar surface area (TPSA) is 67.4 Å². The van der Waals surface area contributed by atoms with E-state index in [0.717, 1.165) is 12.1 Å². The van der Waals surface area contributed by atoms with Crippen molar-refractivity contribution in [2.75, 3.05) is 13.7 Å². The molecular weight excluding hydrogens is 502 g/mol. The summed E-state index contributed by atoms with van der Waals surface area (Å²) in [5.74, 6) is -3.52. The van der Waals surface area contributed by atoms with Crippen LogP contribution in [0.2, 0.25) is 0 Å². The molecule has 0 heterocycles. The van der Waals surface area contributed by atoms with E-state index in [1.807, 2.05) is 0 Å². The van der Waals surface area contributed by atoms with Crippen molar-refractivity contribution in [2.24, 2.45) is 0 Å². The molecule has 0 radical (unpaired) electrons. The number of ether oxygens (including phenoxy) is 1. The van der Waals surface area contributed by atoms with E-state index in [9.17, 15) is 35.9 Å². The number of halogens is 6. The molecule has 0 spiro atoms. The Morgan fingerprint density at radius 1 is 0.946 bits per heavy atom. The highest BCUT2D eigenvalue weighted by atomic mass is 19.4. The summed E-state index contributed by atoms with van der Waals surface area (Å²) >= 11 is 0. The lowest BCUT2D eigenvalue weighted by atomic mass is 9.75. The molecule has 11 heteroatoms. The average molecular weight is 531 g/mol. The van der Waals surface area contributed by atoms with E-state index < -0.39 is 35.1 Å². The van der Waals surface area contributed by atoms with Gasteiger partial charge in [-0.1, -0.05) is 30.3 Å². The molecule has 202 valence electrons. The second-order valence-corrected chi connectivity index (χ2v) is 9.13. The molecule has 0 bridgehead atoms. The van der Waals surface area contributed by atoms with Gasteiger partial charge in [0.05, 0.1) is 6.61 Å². The molecule has 0 unspecified atom stereocenters. The molecule has 3 rings (SSSR count). The van der Waals surface area contributed by atoms with Gasteiger partial charge in [-0.25, -0.2) is 0 Å². The molecule has 37 heavy (non-hydrogen) atoms. The predicted octanol–water partition coefficient (Wildman–Crippen LogP) is 5.62. The zero-order valence-electron chi connectivity index (χ0n) is 20.4. The van der Waals surface area contributed by atoms with Crippen molar-refractivity contribution in [1.82, 2.24) is 10.6 Å². The summed E-state index contributed by atoms with van der Waals surface area (Å²) < 4.78 is 83.4. The van der Waals surface area contributed by atoms with Crippen LogP contribution in [0.15, 0.2) is 42.5 Å². The van der Waals surface area contributed by atoms with E-state index >= 15 is 0 Å². The first-order chi connectivity index (χ1) is 17.3. The molecule has 0 saturated heterocycles. The maximum atomic E-state index is 13.2. The summed E-state index contributed by atoms with van der Waals surface area (Å²) in [4.78, 5) is 23.4. The number of amides is 1. The van der Waals surface area contributed by atoms with Gasteiger partial charge in [-0.15, -0.1) is 0 Å². The summed E-state index contributed by atoms with van der Waals surface area (Å²) in [6.45, 7) is 2.05. The number of Topliss-reactive ketones (excluding diaryl/α,β-unsaturated/α-hetero) is 1. The van der Waals surface area contributed by atoms with Crippen LogP contribution in [0.3, 0.4) is 0 Å². The molecule has 0 aromatic heterocycles. The van der Waals surface area contributed by atoms with Gasteiger partial charge in [-0.3, -0.25) is 9.59 Å². The Morgan fingerprint density at radius 3 is 2.05 bits per heavy atom. The van der Waals surface area contributed by atoms with Crippen LogP contribution in [0.25, 0.3) is 11.1 Å². The molecule has 2 aromatic rings. The van der Waals surface area contributed by atoms with Crippen molar-refractivity contribution in [3.8, 4) is 16.9 Å².